The molecule has 6 heteroatoms. The van der Waals surface area contributed by atoms with Crippen molar-refractivity contribution in [3.8, 4) is 6.07 Å². The number of nitrogens with zero attached hydrogens (tertiary/aromatic N) is 4. The lowest BCUT2D eigenvalue weighted by Gasteiger charge is -2.36. The topological polar surface area (TPSA) is 60.2 Å². The minimum atomic E-state index is -0.0117. The van der Waals surface area contributed by atoms with Crippen LogP contribution in [0.1, 0.15) is 35.1 Å². The van der Waals surface area contributed by atoms with E-state index in [4.69, 9.17) is 0 Å². The van der Waals surface area contributed by atoms with E-state index in [1.165, 1.54) is 11.3 Å². The molecule has 1 saturated heterocycles. The van der Waals surface area contributed by atoms with E-state index in [2.05, 4.69) is 22.9 Å². The van der Waals surface area contributed by atoms with Crippen LogP contribution in [0.3, 0.4) is 0 Å². The highest BCUT2D eigenvalue weighted by molar-refractivity contribution is 7.11. The molecular formula is C14H20N4OS. The number of carbonyl (C=O) groups excluding carboxylic acids is 1. The summed E-state index contributed by atoms with van der Waals surface area (Å²) in [5.41, 5.74) is 2.52. The molecule has 2 rings (SSSR count). The second-order valence-electron chi connectivity index (χ2n) is 5.03. The predicted molar refractivity (Wildman–Crippen MR) is 78.6 cm³/mol. The minimum Gasteiger partial charge on any atom is -0.335 e. The molecule has 1 amide bonds. The van der Waals surface area contributed by atoms with Crippen molar-refractivity contribution in [2.75, 3.05) is 26.2 Å². The van der Waals surface area contributed by atoms with E-state index < -0.39 is 0 Å². The Kier molecular flexibility index (Phi) is 5.10. The van der Waals surface area contributed by atoms with Crippen LogP contribution >= 0.6 is 11.3 Å². The van der Waals surface area contributed by atoms with Crippen LogP contribution in [-0.2, 0) is 0 Å². The number of aromatic nitrogens is 1. The van der Waals surface area contributed by atoms with Crippen LogP contribution < -0.4 is 0 Å². The highest BCUT2D eigenvalue weighted by atomic mass is 32.1. The average molecular weight is 292 g/mol. The second kappa shape index (κ2) is 6.82. The molecule has 1 atom stereocenters. The number of amides is 1. The Morgan fingerprint density at radius 1 is 1.50 bits per heavy atom. The Morgan fingerprint density at radius 2 is 2.20 bits per heavy atom. The molecule has 5 nitrogen and oxygen atoms in total. The fraction of sp³-hybridized carbons (Fsp3) is 0.643. The lowest BCUT2D eigenvalue weighted by molar-refractivity contribution is 0.0605. The zero-order chi connectivity index (χ0) is 14.5. The van der Waals surface area contributed by atoms with Crippen molar-refractivity contribution in [2.45, 2.75) is 32.7 Å². The molecule has 108 valence electrons. The van der Waals surface area contributed by atoms with E-state index in [1.807, 2.05) is 11.8 Å². The van der Waals surface area contributed by atoms with Crippen LogP contribution in [0, 0.1) is 18.3 Å². The van der Waals surface area contributed by atoms with Gasteiger partial charge in [-0.05, 0) is 13.3 Å². The van der Waals surface area contributed by atoms with Gasteiger partial charge in [-0.15, -0.1) is 11.3 Å². The molecule has 1 aliphatic heterocycles. The summed E-state index contributed by atoms with van der Waals surface area (Å²) in [6.45, 7) is 6.91. The molecule has 0 aliphatic carbocycles. The van der Waals surface area contributed by atoms with Gasteiger partial charge < -0.3 is 4.90 Å². The first-order valence-electron chi connectivity index (χ1n) is 7.00. The van der Waals surface area contributed by atoms with Crippen molar-refractivity contribution < 1.29 is 4.79 Å². The van der Waals surface area contributed by atoms with Gasteiger partial charge in [0.15, 0.2) is 0 Å². The molecule has 1 aromatic rings. The third-order valence-corrected chi connectivity index (χ3v) is 4.61. The Bertz CT molecular complexity index is 500. The van der Waals surface area contributed by atoms with Crippen LogP contribution in [-0.4, -0.2) is 52.9 Å². The molecule has 1 fully saturated rings. The van der Waals surface area contributed by atoms with Gasteiger partial charge >= 0.3 is 0 Å². The normalized spacial score (nSPS) is 17.8. The summed E-state index contributed by atoms with van der Waals surface area (Å²) < 4.78 is 0. The molecule has 2 heterocycles. The van der Waals surface area contributed by atoms with Crippen molar-refractivity contribution in [3.05, 3.63) is 16.1 Å². The van der Waals surface area contributed by atoms with Gasteiger partial charge in [-0.3, -0.25) is 9.69 Å². The van der Waals surface area contributed by atoms with Crippen LogP contribution in [0.5, 0.6) is 0 Å². The summed E-state index contributed by atoms with van der Waals surface area (Å²) in [5, 5.41) is 9.19. The van der Waals surface area contributed by atoms with Crippen LogP contribution in [0.15, 0.2) is 5.51 Å². The quantitative estimate of drug-likeness (QED) is 0.850. The molecule has 0 saturated carbocycles. The Labute approximate surface area is 123 Å². The molecule has 1 unspecified atom stereocenters. The van der Waals surface area contributed by atoms with Crippen molar-refractivity contribution in [3.63, 3.8) is 0 Å². The number of thiazole rings is 1. The summed E-state index contributed by atoms with van der Waals surface area (Å²) in [4.78, 5) is 21.3. The summed E-state index contributed by atoms with van der Waals surface area (Å²) in [6.07, 6.45) is 1.91. The third-order valence-electron chi connectivity index (χ3n) is 3.69. The van der Waals surface area contributed by atoms with E-state index in [1.54, 1.807) is 5.51 Å². The molecule has 1 aromatic heterocycles. The smallest absolute Gasteiger partial charge is 0.265 e. The summed E-state index contributed by atoms with van der Waals surface area (Å²) in [7, 11) is 0. The highest BCUT2D eigenvalue weighted by Crippen LogP contribution is 2.17. The Morgan fingerprint density at radius 3 is 2.70 bits per heavy atom. The van der Waals surface area contributed by atoms with Gasteiger partial charge in [-0.25, -0.2) is 4.98 Å². The molecule has 0 bridgehead atoms. The van der Waals surface area contributed by atoms with E-state index >= 15 is 0 Å². The van der Waals surface area contributed by atoms with Gasteiger partial charge in [-0.2, -0.15) is 5.26 Å². The van der Waals surface area contributed by atoms with Gasteiger partial charge in [-0.1, -0.05) is 13.3 Å². The van der Waals surface area contributed by atoms with Crippen molar-refractivity contribution in [2.24, 2.45) is 0 Å². The fourth-order valence-corrected chi connectivity index (χ4v) is 3.26. The molecule has 0 aromatic carbocycles. The van der Waals surface area contributed by atoms with Crippen molar-refractivity contribution in [1.29, 1.82) is 5.26 Å². The van der Waals surface area contributed by atoms with Gasteiger partial charge in [0.1, 0.15) is 4.88 Å². The molecule has 20 heavy (non-hydrogen) atoms. The van der Waals surface area contributed by atoms with E-state index in [0.717, 1.165) is 36.5 Å². The first kappa shape index (κ1) is 14.9. The summed E-state index contributed by atoms with van der Waals surface area (Å²) in [5.74, 6) is 0.0775. The Balaban J connectivity index is 1.93. The van der Waals surface area contributed by atoms with E-state index in [-0.39, 0.29) is 11.9 Å². The van der Waals surface area contributed by atoms with Gasteiger partial charge in [0.25, 0.3) is 5.91 Å². The second-order valence-corrected chi connectivity index (χ2v) is 5.88. The minimum absolute atomic E-state index is 0.0117. The van der Waals surface area contributed by atoms with E-state index in [0.29, 0.717) is 13.1 Å². The summed E-state index contributed by atoms with van der Waals surface area (Å²) >= 11 is 1.40. The van der Waals surface area contributed by atoms with Crippen LogP contribution in [0.2, 0.25) is 0 Å². The lowest BCUT2D eigenvalue weighted by Crippen LogP contribution is -2.51. The number of nitriles is 1. The van der Waals surface area contributed by atoms with E-state index in [9.17, 15) is 10.1 Å². The van der Waals surface area contributed by atoms with Crippen LogP contribution in [0.25, 0.3) is 0 Å². The first-order valence-corrected chi connectivity index (χ1v) is 7.88. The first-order chi connectivity index (χ1) is 9.67. The number of aryl methyl sites for hydroxylation is 1. The number of hydrogen-bond donors (Lipinski definition) is 0. The van der Waals surface area contributed by atoms with Crippen LogP contribution in [0.4, 0.5) is 0 Å². The maximum Gasteiger partial charge on any atom is 0.265 e. The lowest BCUT2D eigenvalue weighted by atomic mass is 10.1. The molecule has 0 radical (unpaired) electrons. The zero-order valence-corrected chi connectivity index (χ0v) is 12.8. The number of carbonyl (C=O) groups is 1. The van der Waals surface area contributed by atoms with Crippen molar-refractivity contribution >= 4 is 17.2 Å². The molecule has 0 spiro atoms. The SMILES string of the molecule is CCCC(C#N)N1CCN(C(=O)c2scnc2C)CC1. The van der Waals surface area contributed by atoms with Crippen molar-refractivity contribution in [1.82, 2.24) is 14.8 Å². The number of hydrogen-bond acceptors (Lipinski definition) is 5. The predicted octanol–water partition coefficient (Wildman–Crippen LogP) is 1.90. The molecule has 1 aliphatic rings. The zero-order valence-electron chi connectivity index (χ0n) is 12.0. The van der Waals surface area contributed by atoms with Gasteiger partial charge in [0.05, 0.1) is 23.3 Å². The Hall–Kier alpha value is -1.45. The maximum atomic E-state index is 12.4. The van der Waals surface area contributed by atoms with Gasteiger partial charge in [0, 0.05) is 26.2 Å². The van der Waals surface area contributed by atoms with Gasteiger partial charge in [0.2, 0.25) is 0 Å². The fourth-order valence-electron chi connectivity index (χ4n) is 2.49. The average Bonchev–Trinajstić information content (AvgIpc) is 2.90. The largest absolute Gasteiger partial charge is 0.335 e. The standard InChI is InChI=1S/C14H20N4OS/c1-3-4-12(9-15)17-5-7-18(8-6-17)14(19)13-11(2)16-10-20-13/h10,12H,3-8H2,1-2H3. The maximum absolute atomic E-state index is 12.4. The highest BCUT2D eigenvalue weighted by Gasteiger charge is 2.27. The number of rotatable bonds is 4. The monoisotopic (exact) mass is 292 g/mol. The third kappa shape index (κ3) is 3.17. The number of piperazine rings is 1. The summed E-state index contributed by atoms with van der Waals surface area (Å²) in [6, 6.07) is 2.36. The molecular weight excluding hydrogens is 272 g/mol. The molecule has 0 N–H and O–H groups in total.